The standard InChI is InChI=1S/C10H7NO2S/c12-8-5-10(9(13)11-8)3-1-7-6(10)2-4-14-7/h1-4H,5H2,(H,11,12,13). The second kappa shape index (κ2) is 2.33. The fourth-order valence-corrected chi connectivity index (χ4v) is 2.97. The van der Waals surface area contributed by atoms with E-state index >= 15 is 0 Å². The highest BCUT2D eigenvalue weighted by Gasteiger charge is 2.49. The first-order valence-corrected chi connectivity index (χ1v) is 5.22. The molecule has 4 heteroatoms. The Kier molecular flexibility index (Phi) is 1.32. The van der Waals surface area contributed by atoms with E-state index in [-0.39, 0.29) is 18.2 Å². The molecule has 1 aliphatic carbocycles. The first-order valence-electron chi connectivity index (χ1n) is 4.34. The summed E-state index contributed by atoms with van der Waals surface area (Å²) in [6.45, 7) is 0. The van der Waals surface area contributed by atoms with Crippen LogP contribution in [0, 0.1) is 0 Å². The van der Waals surface area contributed by atoms with Crippen molar-refractivity contribution >= 4 is 29.2 Å². The number of thiophene rings is 1. The number of carbonyl (C=O) groups excluding carboxylic acids is 2. The molecule has 14 heavy (non-hydrogen) atoms. The maximum absolute atomic E-state index is 11.7. The second-order valence-corrected chi connectivity index (χ2v) is 4.50. The summed E-state index contributed by atoms with van der Waals surface area (Å²) in [5, 5.41) is 4.31. The summed E-state index contributed by atoms with van der Waals surface area (Å²) in [6.07, 6.45) is 4.03. The lowest BCUT2D eigenvalue weighted by molar-refractivity contribution is -0.125. The van der Waals surface area contributed by atoms with Gasteiger partial charge in [0.05, 0.1) is 0 Å². The molecule has 1 fully saturated rings. The van der Waals surface area contributed by atoms with Gasteiger partial charge in [-0.15, -0.1) is 11.3 Å². The number of fused-ring (bicyclic) bond motifs is 2. The van der Waals surface area contributed by atoms with E-state index in [0.717, 1.165) is 10.4 Å². The summed E-state index contributed by atoms with van der Waals surface area (Å²) in [6, 6.07) is 1.93. The predicted molar refractivity (Wildman–Crippen MR) is 52.8 cm³/mol. The third-order valence-electron chi connectivity index (χ3n) is 2.79. The van der Waals surface area contributed by atoms with Gasteiger partial charge in [0.15, 0.2) is 0 Å². The molecule has 0 radical (unpaired) electrons. The van der Waals surface area contributed by atoms with Crippen LogP contribution in [0.5, 0.6) is 0 Å². The Morgan fingerprint density at radius 1 is 1.43 bits per heavy atom. The lowest BCUT2D eigenvalue weighted by Gasteiger charge is -2.16. The molecule has 0 aromatic carbocycles. The van der Waals surface area contributed by atoms with Crippen molar-refractivity contribution in [2.45, 2.75) is 11.8 Å². The molecule has 2 heterocycles. The molecule has 1 aromatic rings. The fourth-order valence-electron chi connectivity index (χ4n) is 2.09. The first-order chi connectivity index (χ1) is 6.72. The molecule has 1 N–H and O–H groups in total. The third-order valence-corrected chi connectivity index (χ3v) is 3.67. The summed E-state index contributed by atoms with van der Waals surface area (Å²) >= 11 is 1.60. The minimum Gasteiger partial charge on any atom is -0.295 e. The smallest absolute Gasteiger partial charge is 0.241 e. The molecular weight excluding hydrogens is 198 g/mol. The molecule has 3 nitrogen and oxygen atoms in total. The number of hydrogen-bond acceptors (Lipinski definition) is 3. The van der Waals surface area contributed by atoms with Crippen LogP contribution in [0.25, 0.3) is 6.08 Å². The van der Waals surface area contributed by atoms with Crippen molar-refractivity contribution in [1.29, 1.82) is 0 Å². The topological polar surface area (TPSA) is 46.2 Å². The zero-order chi connectivity index (χ0) is 9.76. The Hall–Kier alpha value is -1.42. The van der Waals surface area contributed by atoms with Gasteiger partial charge in [0.1, 0.15) is 5.41 Å². The van der Waals surface area contributed by atoms with Crippen LogP contribution >= 0.6 is 11.3 Å². The highest BCUT2D eigenvalue weighted by atomic mass is 32.1. The molecule has 1 aliphatic heterocycles. The number of carbonyl (C=O) groups is 2. The molecule has 1 atom stereocenters. The van der Waals surface area contributed by atoms with Crippen molar-refractivity contribution in [1.82, 2.24) is 5.32 Å². The molecule has 1 aromatic heterocycles. The van der Waals surface area contributed by atoms with E-state index in [4.69, 9.17) is 0 Å². The number of amides is 2. The van der Waals surface area contributed by atoms with Gasteiger partial charge < -0.3 is 0 Å². The predicted octanol–water partition coefficient (Wildman–Crippen LogP) is 1.06. The van der Waals surface area contributed by atoms with Crippen molar-refractivity contribution in [3.63, 3.8) is 0 Å². The molecule has 0 saturated carbocycles. The van der Waals surface area contributed by atoms with Crippen LogP contribution in [0.4, 0.5) is 0 Å². The van der Waals surface area contributed by atoms with E-state index in [1.54, 1.807) is 11.3 Å². The van der Waals surface area contributed by atoms with E-state index in [0.29, 0.717) is 0 Å². The molecular formula is C10H7NO2S. The lowest BCUT2D eigenvalue weighted by atomic mass is 9.82. The van der Waals surface area contributed by atoms with Crippen molar-refractivity contribution in [3.05, 3.63) is 28.0 Å². The van der Waals surface area contributed by atoms with Crippen LogP contribution < -0.4 is 5.32 Å². The normalized spacial score (nSPS) is 28.6. The van der Waals surface area contributed by atoms with Crippen LogP contribution in [0.2, 0.25) is 0 Å². The Morgan fingerprint density at radius 3 is 3.00 bits per heavy atom. The van der Waals surface area contributed by atoms with Gasteiger partial charge in [0.2, 0.25) is 11.8 Å². The van der Waals surface area contributed by atoms with Gasteiger partial charge in [-0.2, -0.15) is 0 Å². The van der Waals surface area contributed by atoms with Crippen molar-refractivity contribution in [2.24, 2.45) is 0 Å². The Balaban J connectivity index is 2.21. The summed E-state index contributed by atoms with van der Waals surface area (Å²) in [5.41, 5.74) is 0.290. The largest absolute Gasteiger partial charge is 0.295 e. The Morgan fingerprint density at radius 2 is 2.29 bits per heavy atom. The van der Waals surface area contributed by atoms with E-state index in [1.807, 2.05) is 23.6 Å². The maximum atomic E-state index is 11.7. The van der Waals surface area contributed by atoms with E-state index < -0.39 is 5.41 Å². The molecule has 1 spiro atoms. The number of rotatable bonds is 0. The summed E-state index contributed by atoms with van der Waals surface area (Å²) in [5.74, 6) is -0.366. The molecule has 0 bridgehead atoms. The minimum absolute atomic E-state index is 0.182. The van der Waals surface area contributed by atoms with E-state index in [1.165, 1.54) is 0 Å². The number of hydrogen-bond donors (Lipinski definition) is 1. The van der Waals surface area contributed by atoms with Gasteiger partial charge in [-0.05, 0) is 23.1 Å². The third kappa shape index (κ3) is 0.767. The van der Waals surface area contributed by atoms with Gasteiger partial charge in [-0.1, -0.05) is 6.08 Å². The average Bonchev–Trinajstić information content (AvgIpc) is 2.73. The summed E-state index contributed by atoms with van der Waals surface area (Å²) < 4.78 is 0. The quantitative estimate of drug-likeness (QED) is 0.644. The SMILES string of the molecule is O=C1CC2(C=Cc3sccc32)C(=O)N1. The van der Waals surface area contributed by atoms with Gasteiger partial charge in [0, 0.05) is 11.3 Å². The molecule has 1 saturated heterocycles. The number of imide groups is 1. The Labute approximate surface area is 84.4 Å². The Bertz CT molecular complexity index is 474. The van der Waals surface area contributed by atoms with Gasteiger partial charge in [-0.3, -0.25) is 14.9 Å². The zero-order valence-electron chi connectivity index (χ0n) is 7.24. The van der Waals surface area contributed by atoms with Gasteiger partial charge in [-0.25, -0.2) is 0 Å². The van der Waals surface area contributed by atoms with Crippen LogP contribution in [0.1, 0.15) is 16.9 Å². The summed E-state index contributed by atoms with van der Waals surface area (Å²) in [4.78, 5) is 24.0. The van der Waals surface area contributed by atoms with E-state index in [9.17, 15) is 9.59 Å². The minimum atomic E-state index is -0.688. The fraction of sp³-hybridized carbons (Fsp3) is 0.200. The highest BCUT2D eigenvalue weighted by Crippen LogP contribution is 2.43. The van der Waals surface area contributed by atoms with Gasteiger partial charge >= 0.3 is 0 Å². The van der Waals surface area contributed by atoms with Crippen LogP contribution in [-0.2, 0) is 15.0 Å². The van der Waals surface area contributed by atoms with Crippen molar-refractivity contribution < 1.29 is 9.59 Å². The molecule has 3 rings (SSSR count). The molecule has 1 unspecified atom stereocenters. The van der Waals surface area contributed by atoms with Crippen molar-refractivity contribution in [2.75, 3.05) is 0 Å². The first kappa shape index (κ1) is 7.94. The van der Waals surface area contributed by atoms with Crippen LogP contribution in [0.15, 0.2) is 17.5 Å². The second-order valence-electron chi connectivity index (χ2n) is 3.56. The van der Waals surface area contributed by atoms with E-state index in [2.05, 4.69) is 5.32 Å². The molecule has 2 aliphatic rings. The number of nitrogens with one attached hydrogen (secondary N) is 1. The maximum Gasteiger partial charge on any atom is 0.241 e. The summed E-state index contributed by atoms with van der Waals surface area (Å²) in [7, 11) is 0. The lowest BCUT2D eigenvalue weighted by Crippen LogP contribution is -2.32. The zero-order valence-corrected chi connectivity index (χ0v) is 8.06. The van der Waals surface area contributed by atoms with Gasteiger partial charge in [0.25, 0.3) is 0 Å². The van der Waals surface area contributed by atoms with Crippen LogP contribution in [0.3, 0.4) is 0 Å². The van der Waals surface area contributed by atoms with Crippen molar-refractivity contribution in [3.8, 4) is 0 Å². The highest BCUT2D eigenvalue weighted by molar-refractivity contribution is 7.11. The molecule has 70 valence electrons. The average molecular weight is 205 g/mol. The van der Waals surface area contributed by atoms with Crippen LogP contribution in [-0.4, -0.2) is 11.8 Å². The monoisotopic (exact) mass is 205 g/mol. The molecule has 2 amide bonds.